The van der Waals surface area contributed by atoms with Crippen LogP contribution in [0.4, 0.5) is 0 Å². The van der Waals surface area contributed by atoms with E-state index >= 15 is 0 Å². The van der Waals surface area contributed by atoms with Crippen LogP contribution in [0, 0.1) is 0 Å². The van der Waals surface area contributed by atoms with Gasteiger partial charge in [0.05, 0.1) is 6.42 Å². The van der Waals surface area contributed by atoms with Crippen molar-refractivity contribution in [3.63, 3.8) is 0 Å². The average Bonchev–Trinajstić information content (AvgIpc) is 2.65. The smallest absolute Gasteiger partial charge is 0.346 e. The third kappa shape index (κ3) is 6.04. The standard InChI is InChI=1S/C16H28O4/c1-2-3-4-5-6-7-8-9-10-11-12-16(19)13-14(17)20-15(16)18/h19H,2-13H2,1H3. The Bertz CT molecular complexity index is 314. The number of hydrogen-bond acceptors (Lipinski definition) is 4. The SMILES string of the molecule is CCCCCCCCCCCCC1(O)CC(=O)OC1=O. The van der Waals surface area contributed by atoms with Crippen molar-refractivity contribution in [1.29, 1.82) is 0 Å². The highest BCUT2D eigenvalue weighted by atomic mass is 16.6. The van der Waals surface area contributed by atoms with Crippen molar-refractivity contribution in [2.75, 3.05) is 0 Å². The van der Waals surface area contributed by atoms with Crippen molar-refractivity contribution in [3.8, 4) is 0 Å². The summed E-state index contributed by atoms with van der Waals surface area (Å²) in [5.41, 5.74) is -1.54. The van der Waals surface area contributed by atoms with E-state index in [-0.39, 0.29) is 6.42 Å². The van der Waals surface area contributed by atoms with Gasteiger partial charge in [0.15, 0.2) is 5.60 Å². The molecule has 1 saturated heterocycles. The second-order valence-corrected chi connectivity index (χ2v) is 5.90. The van der Waals surface area contributed by atoms with Crippen molar-refractivity contribution < 1.29 is 19.4 Å². The summed E-state index contributed by atoms with van der Waals surface area (Å²) >= 11 is 0. The number of esters is 2. The van der Waals surface area contributed by atoms with E-state index in [0.29, 0.717) is 6.42 Å². The summed E-state index contributed by atoms with van der Waals surface area (Å²) in [5, 5.41) is 9.96. The van der Waals surface area contributed by atoms with Gasteiger partial charge in [0, 0.05) is 0 Å². The molecular weight excluding hydrogens is 256 g/mol. The van der Waals surface area contributed by atoms with E-state index in [4.69, 9.17) is 0 Å². The van der Waals surface area contributed by atoms with E-state index in [1.54, 1.807) is 0 Å². The Morgan fingerprint density at radius 1 is 0.950 bits per heavy atom. The highest BCUT2D eigenvalue weighted by Gasteiger charge is 2.46. The fourth-order valence-electron chi connectivity index (χ4n) is 2.64. The van der Waals surface area contributed by atoms with Crippen LogP contribution in [0.15, 0.2) is 0 Å². The molecule has 1 N–H and O–H groups in total. The molecule has 0 aliphatic carbocycles. The lowest BCUT2D eigenvalue weighted by Crippen LogP contribution is -2.33. The van der Waals surface area contributed by atoms with Crippen molar-refractivity contribution >= 4 is 11.9 Å². The zero-order valence-electron chi connectivity index (χ0n) is 12.7. The lowest BCUT2D eigenvalue weighted by molar-refractivity contribution is -0.159. The lowest BCUT2D eigenvalue weighted by Gasteiger charge is -2.15. The summed E-state index contributed by atoms with van der Waals surface area (Å²) in [6.45, 7) is 2.22. The zero-order valence-corrected chi connectivity index (χ0v) is 12.7. The molecule has 0 saturated carbocycles. The molecule has 0 spiro atoms. The molecule has 0 amide bonds. The lowest BCUT2D eigenvalue weighted by atomic mass is 9.94. The van der Waals surface area contributed by atoms with Gasteiger partial charge in [0.1, 0.15) is 0 Å². The van der Waals surface area contributed by atoms with Crippen molar-refractivity contribution in [3.05, 3.63) is 0 Å². The first kappa shape index (κ1) is 17.2. The monoisotopic (exact) mass is 284 g/mol. The Kier molecular flexibility index (Phi) is 7.82. The minimum absolute atomic E-state index is 0.177. The van der Waals surface area contributed by atoms with E-state index in [2.05, 4.69) is 11.7 Å². The third-order valence-electron chi connectivity index (χ3n) is 3.97. The Morgan fingerprint density at radius 3 is 1.90 bits per heavy atom. The van der Waals surface area contributed by atoms with E-state index < -0.39 is 17.5 Å². The Labute approximate surface area is 121 Å². The first-order valence-electron chi connectivity index (χ1n) is 8.06. The molecule has 116 valence electrons. The van der Waals surface area contributed by atoms with Gasteiger partial charge >= 0.3 is 11.9 Å². The fraction of sp³-hybridized carbons (Fsp3) is 0.875. The summed E-state index contributed by atoms with van der Waals surface area (Å²) in [6, 6.07) is 0. The van der Waals surface area contributed by atoms with Crippen LogP contribution < -0.4 is 0 Å². The molecule has 1 aliphatic heterocycles. The van der Waals surface area contributed by atoms with Gasteiger partial charge < -0.3 is 9.84 Å². The number of ether oxygens (including phenoxy) is 1. The molecule has 4 heteroatoms. The largest absolute Gasteiger partial charge is 0.391 e. The molecule has 20 heavy (non-hydrogen) atoms. The number of aliphatic hydroxyl groups is 1. The second kappa shape index (κ2) is 9.11. The van der Waals surface area contributed by atoms with Gasteiger partial charge in [0.25, 0.3) is 0 Å². The van der Waals surface area contributed by atoms with Crippen LogP contribution in [-0.2, 0) is 14.3 Å². The Hall–Kier alpha value is -0.900. The summed E-state index contributed by atoms with van der Waals surface area (Å²) < 4.78 is 4.39. The Balaban J connectivity index is 1.95. The van der Waals surface area contributed by atoms with Gasteiger partial charge in [-0.2, -0.15) is 0 Å². The molecule has 1 unspecified atom stereocenters. The molecule has 0 radical (unpaired) electrons. The van der Waals surface area contributed by atoms with E-state index in [1.807, 2.05) is 0 Å². The van der Waals surface area contributed by atoms with E-state index in [0.717, 1.165) is 19.3 Å². The minimum Gasteiger partial charge on any atom is -0.391 e. The fourth-order valence-corrected chi connectivity index (χ4v) is 2.64. The summed E-state index contributed by atoms with van der Waals surface area (Å²) in [7, 11) is 0. The topological polar surface area (TPSA) is 63.6 Å². The van der Waals surface area contributed by atoms with Gasteiger partial charge in [0.2, 0.25) is 0 Å². The first-order valence-corrected chi connectivity index (χ1v) is 8.06. The van der Waals surface area contributed by atoms with Crippen LogP contribution in [0.2, 0.25) is 0 Å². The molecule has 1 heterocycles. The maximum atomic E-state index is 11.3. The van der Waals surface area contributed by atoms with Crippen LogP contribution in [0.5, 0.6) is 0 Å². The minimum atomic E-state index is -1.54. The van der Waals surface area contributed by atoms with Crippen LogP contribution in [0.3, 0.4) is 0 Å². The molecule has 1 aliphatic rings. The summed E-state index contributed by atoms with van der Waals surface area (Å²) in [4.78, 5) is 22.3. The summed E-state index contributed by atoms with van der Waals surface area (Å²) in [5.74, 6) is -1.37. The van der Waals surface area contributed by atoms with Crippen LogP contribution in [0.25, 0.3) is 0 Å². The first-order chi connectivity index (χ1) is 9.58. The number of carbonyl (C=O) groups is 2. The number of hydrogen-bond donors (Lipinski definition) is 1. The molecule has 1 rings (SSSR count). The maximum absolute atomic E-state index is 11.3. The van der Waals surface area contributed by atoms with Crippen LogP contribution >= 0.6 is 0 Å². The van der Waals surface area contributed by atoms with Crippen LogP contribution in [-0.4, -0.2) is 22.6 Å². The molecule has 1 atom stereocenters. The Morgan fingerprint density at radius 2 is 1.45 bits per heavy atom. The number of unbranched alkanes of at least 4 members (excludes halogenated alkanes) is 9. The van der Waals surface area contributed by atoms with E-state index in [1.165, 1.54) is 44.9 Å². The second-order valence-electron chi connectivity index (χ2n) is 5.90. The predicted molar refractivity (Wildman–Crippen MR) is 77.1 cm³/mol. The molecule has 1 fully saturated rings. The van der Waals surface area contributed by atoms with Crippen molar-refractivity contribution in [2.45, 2.75) is 89.6 Å². The normalized spacial score (nSPS) is 22.3. The quantitative estimate of drug-likeness (QED) is 0.358. The van der Waals surface area contributed by atoms with Gasteiger partial charge in [-0.15, -0.1) is 0 Å². The van der Waals surface area contributed by atoms with Gasteiger partial charge in [-0.25, -0.2) is 4.79 Å². The number of rotatable bonds is 11. The third-order valence-corrected chi connectivity index (χ3v) is 3.97. The zero-order chi connectivity index (χ0) is 14.8. The molecule has 0 bridgehead atoms. The van der Waals surface area contributed by atoms with Gasteiger partial charge in [-0.3, -0.25) is 4.79 Å². The predicted octanol–water partition coefficient (Wildman–Crippen LogP) is 3.50. The van der Waals surface area contributed by atoms with E-state index in [9.17, 15) is 14.7 Å². The molecule has 0 aromatic rings. The van der Waals surface area contributed by atoms with Gasteiger partial charge in [-0.05, 0) is 12.8 Å². The molecule has 4 nitrogen and oxygen atoms in total. The highest BCUT2D eigenvalue weighted by Crippen LogP contribution is 2.27. The average molecular weight is 284 g/mol. The van der Waals surface area contributed by atoms with Gasteiger partial charge in [-0.1, -0.05) is 64.7 Å². The highest BCUT2D eigenvalue weighted by molar-refractivity contribution is 5.99. The van der Waals surface area contributed by atoms with Crippen molar-refractivity contribution in [2.24, 2.45) is 0 Å². The number of cyclic esters (lactones) is 2. The molecular formula is C16H28O4. The molecule has 0 aromatic carbocycles. The maximum Gasteiger partial charge on any atom is 0.346 e. The molecule has 0 aromatic heterocycles. The van der Waals surface area contributed by atoms with Crippen LogP contribution in [0.1, 0.15) is 84.0 Å². The number of carbonyl (C=O) groups excluding carboxylic acids is 2. The van der Waals surface area contributed by atoms with Crippen molar-refractivity contribution in [1.82, 2.24) is 0 Å². The summed E-state index contributed by atoms with van der Waals surface area (Å²) in [6.07, 6.45) is 12.2.